The number of hydrogen-bond acceptors (Lipinski definition) is 10. The summed E-state index contributed by atoms with van der Waals surface area (Å²) < 4.78 is 0. The van der Waals surface area contributed by atoms with Gasteiger partial charge in [0.25, 0.3) is 0 Å². The van der Waals surface area contributed by atoms with Crippen molar-refractivity contribution in [3.05, 3.63) is 0 Å². The molecule has 1 saturated heterocycles. The number of nitrogens with two attached hydrogens (primary N) is 1. The van der Waals surface area contributed by atoms with Gasteiger partial charge in [0, 0.05) is 12.6 Å². The van der Waals surface area contributed by atoms with Gasteiger partial charge >= 0.3 is 23.9 Å². The summed E-state index contributed by atoms with van der Waals surface area (Å²) in [5.41, 5.74) is 5.56. The summed E-state index contributed by atoms with van der Waals surface area (Å²) in [5, 5.41) is 65.1. The Morgan fingerprint density at radius 2 is 1.14 bits per heavy atom. The molecule has 0 aromatic heterocycles. The van der Waals surface area contributed by atoms with E-state index in [2.05, 4.69) is 11.8 Å². The molecular formula is C15H28N2O12. The summed E-state index contributed by atoms with van der Waals surface area (Å²) in [6, 6.07) is 0.690. The van der Waals surface area contributed by atoms with Crippen LogP contribution in [0.2, 0.25) is 0 Å². The summed E-state index contributed by atoms with van der Waals surface area (Å²) in [5.74, 6) is -7.07. The fourth-order valence-corrected chi connectivity index (χ4v) is 2.12. The van der Waals surface area contributed by atoms with Crippen molar-refractivity contribution >= 4 is 23.9 Å². The molecule has 14 nitrogen and oxygen atoms in total. The molecule has 0 spiro atoms. The third-order valence-corrected chi connectivity index (χ3v) is 3.79. The molecule has 1 aliphatic heterocycles. The van der Waals surface area contributed by atoms with Gasteiger partial charge in [-0.15, -0.1) is 0 Å². The minimum absolute atomic E-state index is 0.690. The molecule has 1 fully saturated rings. The average Bonchev–Trinajstić information content (AvgIpc) is 3.13. The molecule has 0 radical (unpaired) electrons. The number of carboxylic acids is 4. The summed E-state index contributed by atoms with van der Waals surface area (Å²) in [4.78, 5) is 41.5. The molecule has 0 aromatic carbocycles. The number of likely N-dealkylation sites (N-methyl/N-ethyl adjacent to an activating group) is 1. The standard InChI is InChI=1S/C7H16N2.2C4H6O6/c1-2-9-5-3-4-7(9)6-8;2*5-1(3(7)8)2(6)4(9)10/h7H,2-6,8H2,1H3;2*1-2,5-6H,(H,7,8)(H,9,10)/t7-;2*1-,2-/m111/s1. The van der Waals surface area contributed by atoms with E-state index in [1.165, 1.54) is 25.9 Å². The first kappa shape index (κ1) is 28.8. The Morgan fingerprint density at radius 1 is 0.828 bits per heavy atom. The molecule has 29 heavy (non-hydrogen) atoms. The molecule has 0 amide bonds. The molecule has 1 rings (SSSR count). The molecule has 1 aliphatic rings. The van der Waals surface area contributed by atoms with E-state index in [9.17, 15) is 19.2 Å². The van der Waals surface area contributed by atoms with Gasteiger partial charge < -0.3 is 46.6 Å². The van der Waals surface area contributed by atoms with Crippen LogP contribution in [-0.2, 0) is 19.2 Å². The second-order valence-corrected chi connectivity index (χ2v) is 5.79. The number of aliphatic hydroxyl groups excluding tert-OH is 4. The molecule has 0 aromatic rings. The van der Waals surface area contributed by atoms with Gasteiger partial charge in [-0.3, -0.25) is 4.90 Å². The van der Waals surface area contributed by atoms with Crippen molar-refractivity contribution in [1.82, 2.24) is 4.90 Å². The van der Waals surface area contributed by atoms with Gasteiger partial charge in [-0.2, -0.15) is 0 Å². The van der Waals surface area contributed by atoms with E-state index in [4.69, 9.17) is 46.6 Å². The highest BCUT2D eigenvalue weighted by atomic mass is 16.4. The van der Waals surface area contributed by atoms with E-state index in [1.54, 1.807) is 0 Å². The van der Waals surface area contributed by atoms with Crippen molar-refractivity contribution < 1.29 is 60.0 Å². The third kappa shape index (κ3) is 11.3. The quantitative estimate of drug-likeness (QED) is 0.179. The monoisotopic (exact) mass is 428 g/mol. The number of hydrogen-bond donors (Lipinski definition) is 9. The van der Waals surface area contributed by atoms with Crippen LogP contribution in [0.25, 0.3) is 0 Å². The topological polar surface area (TPSA) is 259 Å². The van der Waals surface area contributed by atoms with Crippen molar-refractivity contribution in [3.8, 4) is 0 Å². The fraction of sp³-hybridized carbons (Fsp3) is 0.733. The smallest absolute Gasteiger partial charge is 0.335 e. The van der Waals surface area contributed by atoms with Crippen LogP contribution < -0.4 is 5.73 Å². The first-order valence-corrected chi connectivity index (χ1v) is 8.39. The Hall–Kier alpha value is -2.36. The van der Waals surface area contributed by atoms with Gasteiger partial charge in [0.2, 0.25) is 0 Å². The SMILES string of the molecule is CCN1CCC[C@@H]1CN.O=C(O)[C@H](O)[C@@H](O)C(=O)O.O=C(O)[C@H](O)[C@@H](O)C(=O)O. The van der Waals surface area contributed by atoms with E-state index in [1.807, 2.05) is 0 Å². The van der Waals surface area contributed by atoms with Crippen molar-refractivity contribution in [2.24, 2.45) is 5.73 Å². The van der Waals surface area contributed by atoms with E-state index in [0.29, 0.717) is 6.04 Å². The molecular weight excluding hydrogens is 400 g/mol. The molecule has 5 atom stereocenters. The van der Waals surface area contributed by atoms with E-state index in [-0.39, 0.29) is 0 Å². The summed E-state index contributed by atoms with van der Waals surface area (Å²) in [7, 11) is 0. The van der Waals surface area contributed by atoms with Crippen LogP contribution >= 0.6 is 0 Å². The summed E-state index contributed by atoms with van der Waals surface area (Å²) in [6.45, 7) is 5.47. The Bertz CT molecular complexity index is 461. The number of carboxylic acid groups (broad SMARTS) is 4. The number of nitrogens with zero attached hydrogens (tertiary/aromatic N) is 1. The van der Waals surface area contributed by atoms with Gasteiger partial charge in [-0.05, 0) is 25.9 Å². The third-order valence-electron chi connectivity index (χ3n) is 3.79. The maximum atomic E-state index is 9.77. The molecule has 170 valence electrons. The van der Waals surface area contributed by atoms with Gasteiger partial charge in [0.1, 0.15) is 0 Å². The fourth-order valence-electron chi connectivity index (χ4n) is 2.12. The zero-order valence-electron chi connectivity index (χ0n) is 15.7. The van der Waals surface area contributed by atoms with Crippen LogP contribution in [0.15, 0.2) is 0 Å². The Morgan fingerprint density at radius 3 is 1.31 bits per heavy atom. The number of aliphatic hydroxyl groups is 4. The first-order valence-electron chi connectivity index (χ1n) is 8.39. The van der Waals surface area contributed by atoms with Crippen LogP contribution in [0.1, 0.15) is 19.8 Å². The number of rotatable bonds is 8. The average molecular weight is 428 g/mol. The Labute approximate surface area is 165 Å². The van der Waals surface area contributed by atoms with Crippen molar-refractivity contribution in [2.75, 3.05) is 19.6 Å². The van der Waals surface area contributed by atoms with E-state index >= 15 is 0 Å². The van der Waals surface area contributed by atoms with Gasteiger partial charge in [0.15, 0.2) is 24.4 Å². The van der Waals surface area contributed by atoms with E-state index in [0.717, 1.165) is 6.54 Å². The predicted octanol–water partition coefficient (Wildman–Crippen LogP) is -3.82. The van der Waals surface area contributed by atoms with Crippen LogP contribution in [0.3, 0.4) is 0 Å². The summed E-state index contributed by atoms with van der Waals surface area (Å²) in [6.07, 6.45) is -6.41. The highest BCUT2D eigenvalue weighted by Gasteiger charge is 2.30. The molecule has 10 N–H and O–H groups in total. The maximum absolute atomic E-state index is 9.77. The minimum atomic E-state index is -2.27. The lowest BCUT2D eigenvalue weighted by Gasteiger charge is -2.20. The highest BCUT2D eigenvalue weighted by molar-refractivity contribution is 5.83. The molecule has 0 unspecified atom stereocenters. The molecule has 0 saturated carbocycles. The second kappa shape index (κ2) is 14.6. The maximum Gasteiger partial charge on any atom is 0.335 e. The molecule has 0 aliphatic carbocycles. The Balaban J connectivity index is 0. The molecule has 14 heteroatoms. The van der Waals surface area contributed by atoms with Crippen molar-refractivity contribution in [1.29, 1.82) is 0 Å². The largest absolute Gasteiger partial charge is 0.479 e. The van der Waals surface area contributed by atoms with Crippen molar-refractivity contribution in [3.63, 3.8) is 0 Å². The lowest BCUT2D eigenvalue weighted by molar-refractivity contribution is -0.165. The lowest BCUT2D eigenvalue weighted by Crippen LogP contribution is -2.39. The summed E-state index contributed by atoms with van der Waals surface area (Å²) >= 11 is 0. The number of aliphatic carboxylic acids is 4. The zero-order chi connectivity index (χ0) is 23.3. The number of carbonyl (C=O) groups is 4. The van der Waals surface area contributed by atoms with Gasteiger partial charge in [-0.1, -0.05) is 6.92 Å². The lowest BCUT2D eigenvalue weighted by atomic mass is 10.2. The van der Waals surface area contributed by atoms with Gasteiger partial charge in [-0.25, -0.2) is 19.2 Å². The molecule has 1 heterocycles. The second-order valence-electron chi connectivity index (χ2n) is 5.79. The molecule has 0 bridgehead atoms. The minimum Gasteiger partial charge on any atom is -0.479 e. The zero-order valence-corrected chi connectivity index (χ0v) is 15.7. The first-order chi connectivity index (χ1) is 13.3. The highest BCUT2D eigenvalue weighted by Crippen LogP contribution is 2.14. The van der Waals surface area contributed by atoms with Gasteiger partial charge in [0.05, 0.1) is 0 Å². The normalized spacial score (nSPS) is 20.0. The van der Waals surface area contributed by atoms with Crippen molar-refractivity contribution in [2.45, 2.75) is 50.2 Å². The van der Waals surface area contributed by atoms with Crippen LogP contribution in [0.4, 0.5) is 0 Å². The van der Waals surface area contributed by atoms with Crippen LogP contribution in [0, 0.1) is 0 Å². The predicted molar refractivity (Wildman–Crippen MR) is 93.9 cm³/mol. The Kier molecular flexibility index (Phi) is 14.5. The van der Waals surface area contributed by atoms with Crippen LogP contribution in [-0.4, -0.2) is 120 Å². The number of likely N-dealkylation sites (tertiary alicyclic amines) is 1. The van der Waals surface area contributed by atoms with E-state index < -0.39 is 48.3 Å². The van der Waals surface area contributed by atoms with Crippen LogP contribution in [0.5, 0.6) is 0 Å².